The van der Waals surface area contributed by atoms with Crippen LogP contribution in [0.15, 0.2) is 10.9 Å². The van der Waals surface area contributed by atoms with Crippen molar-refractivity contribution in [3.05, 3.63) is 16.6 Å². The van der Waals surface area contributed by atoms with Crippen molar-refractivity contribution in [2.24, 2.45) is 5.73 Å². The summed E-state index contributed by atoms with van der Waals surface area (Å²) in [6, 6.07) is 0. The average molecular weight is 211 g/mol. The molecule has 0 spiro atoms. The van der Waals surface area contributed by atoms with Gasteiger partial charge in [-0.3, -0.25) is 4.90 Å². The maximum absolute atomic E-state index is 6.17. The van der Waals surface area contributed by atoms with Crippen LogP contribution in [0, 0.1) is 0 Å². The van der Waals surface area contributed by atoms with E-state index in [9.17, 15) is 0 Å². The number of nitrogens with two attached hydrogens (primary N) is 1. The van der Waals surface area contributed by atoms with Gasteiger partial charge in [0.05, 0.1) is 11.2 Å². The van der Waals surface area contributed by atoms with E-state index in [2.05, 4.69) is 22.3 Å². The molecule has 0 aliphatic heterocycles. The fourth-order valence-electron chi connectivity index (χ4n) is 1.97. The van der Waals surface area contributed by atoms with E-state index in [0.29, 0.717) is 0 Å². The van der Waals surface area contributed by atoms with E-state index in [4.69, 9.17) is 5.73 Å². The molecule has 1 aliphatic rings. The Balaban J connectivity index is 1.81. The SMILES string of the molecule is CN(Cc1cscn1)CC1(N)CCC1. The first-order valence-electron chi connectivity index (χ1n) is 5.02. The first-order valence-corrected chi connectivity index (χ1v) is 5.97. The predicted molar refractivity (Wildman–Crippen MR) is 59.2 cm³/mol. The van der Waals surface area contributed by atoms with Crippen molar-refractivity contribution in [1.29, 1.82) is 0 Å². The first-order chi connectivity index (χ1) is 6.68. The monoisotopic (exact) mass is 211 g/mol. The molecule has 1 aliphatic carbocycles. The zero-order valence-corrected chi connectivity index (χ0v) is 9.39. The van der Waals surface area contributed by atoms with Gasteiger partial charge in [-0.2, -0.15) is 0 Å². The van der Waals surface area contributed by atoms with Gasteiger partial charge in [-0.25, -0.2) is 4.98 Å². The van der Waals surface area contributed by atoms with E-state index in [1.54, 1.807) is 11.3 Å². The highest BCUT2D eigenvalue weighted by molar-refractivity contribution is 7.07. The fourth-order valence-corrected chi connectivity index (χ4v) is 2.52. The number of nitrogens with zero attached hydrogens (tertiary/aromatic N) is 2. The fraction of sp³-hybridized carbons (Fsp3) is 0.700. The third-order valence-corrected chi connectivity index (χ3v) is 3.48. The molecule has 0 amide bonds. The first kappa shape index (κ1) is 10.1. The lowest BCUT2D eigenvalue weighted by atomic mass is 9.77. The summed E-state index contributed by atoms with van der Waals surface area (Å²) in [6.45, 7) is 1.91. The van der Waals surface area contributed by atoms with Crippen LogP contribution in [0.3, 0.4) is 0 Å². The Morgan fingerprint density at radius 1 is 1.64 bits per heavy atom. The third-order valence-electron chi connectivity index (χ3n) is 2.85. The minimum absolute atomic E-state index is 0.0881. The molecule has 0 saturated heterocycles. The van der Waals surface area contributed by atoms with Crippen LogP contribution in [0.1, 0.15) is 25.0 Å². The van der Waals surface area contributed by atoms with Gasteiger partial charge in [-0.15, -0.1) is 11.3 Å². The van der Waals surface area contributed by atoms with Crippen molar-refractivity contribution < 1.29 is 0 Å². The Hall–Kier alpha value is -0.450. The summed E-state index contributed by atoms with van der Waals surface area (Å²) in [5, 5.41) is 2.10. The van der Waals surface area contributed by atoms with E-state index in [-0.39, 0.29) is 5.54 Å². The van der Waals surface area contributed by atoms with Crippen molar-refractivity contribution >= 4 is 11.3 Å². The highest BCUT2D eigenvalue weighted by Crippen LogP contribution is 2.29. The molecular formula is C10H17N3S. The van der Waals surface area contributed by atoms with Crippen LogP contribution < -0.4 is 5.73 Å². The average Bonchev–Trinajstić information content (AvgIpc) is 2.53. The Bertz CT molecular complexity index is 280. The van der Waals surface area contributed by atoms with E-state index in [1.807, 2.05) is 5.51 Å². The molecule has 0 unspecified atom stereocenters. The molecule has 1 fully saturated rings. The minimum atomic E-state index is 0.0881. The number of thiazole rings is 1. The maximum Gasteiger partial charge on any atom is 0.0795 e. The largest absolute Gasteiger partial charge is 0.324 e. The summed E-state index contributed by atoms with van der Waals surface area (Å²) in [5.74, 6) is 0. The predicted octanol–water partition coefficient (Wildman–Crippen LogP) is 1.46. The molecule has 14 heavy (non-hydrogen) atoms. The molecule has 78 valence electrons. The molecule has 1 saturated carbocycles. The standard InChI is InChI=1S/C10H17N3S/c1-13(5-9-6-14-8-12-9)7-10(11)3-2-4-10/h6,8H,2-5,7,11H2,1H3. The van der Waals surface area contributed by atoms with Gasteiger partial charge in [0.1, 0.15) is 0 Å². The molecule has 0 bridgehead atoms. The van der Waals surface area contributed by atoms with Gasteiger partial charge in [-0.05, 0) is 26.3 Å². The number of hydrogen-bond donors (Lipinski definition) is 1. The van der Waals surface area contributed by atoms with Crippen LogP contribution >= 0.6 is 11.3 Å². The second-order valence-corrected chi connectivity index (χ2v) is 5.09. The molecule has 1 aromatic rings. The van der Waals surface area contributed by atoms with Crippen LogP contribution in [0.25, 0.3) is 0 Å². The maximum atomic E-state index is 6.17. The molecule has 4 heteroatoms. The summed E-state index contributed by atoms with van der Waals surface area (Å²) in [4.78, 5) is 6.54. The van der Waals surface area contributed by atoms with Gasteiger partial charge in [0.2, 0.25) is 0 Å². The van der Waals surface area contributed by atoms with Gasteiger partial charge >= 0.3 is 0 Å². The van der Waals surface area contributed by atoms with E-state index >= 15 is 0 Å². The number of rotatable bonds is 4. The Kier molecular flexibility index (Phi) is 2.85. The van der Waals surface area contributed by atoms with Gasteiger partial charge < -0.3 is 5.73 Å². The van der Waals surface area contributed by atoms with Crippen molar-refractivity contribution in [3.63, 3.8) is 0 Å². The van der Waals surface area contributed by atoms with Crippen LogP contribution in [0.4, 0.5) is 0 Å². The van der Waals surface area contributed by atoms with Crippen LogP contribution in [-0.2, 0) is 6.54 Å². The lowest BCUT2D eigenvalue weighted by Gasteiger charge is -2.40. The summed E-state index contributed by atoms with van der Waals surface area (Å²) < 4.78 is 0. The van der Waals surface area contributed by atoms with Crippen LogP contribution in [-0.4, -0.2) is 29.0 Å². The smallest absolute Gasteiger partial charge is 0.0795 e. The molecule has 2 N–H and O–H groups in total. The van der Waals surface area contributed by atoms with E-state index < -0.39 is 0 Å². The summed E-state index contributed by atoms with van der Waals surface area (Å²) in [5.41, 5.74) is 9.29. The molecule has 1 aromatic heterocycles. The van der Waals surface area contributed by atoms with Crippen molar-refractivity contribution in [2.75, 3.05) is 13.6 Å². The molecule has 1 heterocycles. The molecule has 0 atom stereocenters. The van der Waals surface area contributed by atoms with Gasteiger partial charge in [0.15, 0.2) is 0 Å². The summed E-state index contributed by atoms with van der Waals surface area (Å²) in [6.07, 6.45) is 3.64. The van der Waals surface area contributed by atoms with Crippen molar-refractivity contribution in [3.8, 4) is 0 Å². The molecular weight excluding hydrogens is 194 g/mol. The van der Waals surface area contributed by atoms with E-state index in [1.165, 1.54) is 19.3 Å². The second-order valence-electron chi connectivity index (χ2n) is 4.37. The second kappa shape index (κ2) is 3.96. The van der Waals surface area contributed by atoms with E-state index in [0.717, 1.165) is 18.8 Å². The summed E-state index contributed by atoms with van der Waals surface area (Å²) >= 11 is 1.65. The zero-order chi connectivity index (χ0) is 10.0. The number of likely N-dealkylation sites (N-methyl/N-ethyl adjacent to an activating group) is 1. The van der Waals surface area contributed by atoms with Crippen molar-refractivity contribution in [1.82, 2.24) is 9.88 Å². The highest BCUT2D eigenvalue weighted by atomic mass is 32.1. The topological polar surface area (TPSA) is 42.2 Å². The molecule has 2 rings (SSSR count). The zero-order valence-electron chi connectivity index (χ0n) is 8.57. The van der Waals surface area contributed by atoms with Gasteiger partial charge in [0.25, 0.3) is 0 Å². The highest BCUT2D eigenvalue weighted by Gasteiger charge is 2.33. The van der Waals surface area contributed by atoms with Gasteiger partial charge in [0, 0.05) is 24.0 Å². The Morgan fingerprint density at radius 3 is 2.93 bits per heavy atom. The minimum Gasteiger partial charge on any atom is -0.324 e. The Labute approximate surface area is 88.9 Å². The van der Waals surface area contributed by atoms with Gasteiger partial charge in [-0.1, -0.05) is 0 Å². The van der Waals surface area contributed by atoms with Crippen LogP contribution in [0.5, 0.6) is 0 Å². The lowest BCUT2D eigenvalue weighted by molar-refractivity contribution is 0.160. The molecule has 0 radical (unpaired) electrons. The van der Waals surface area contributed by atoms with Crippen molar-refractivity contribution in [2.45, 2.75) is 31.3 Å². The lowest BCUT2D eigenvalue weighted by Crippen LogP contribution is -2.54. The molecule has 3 nitrogen and oxygen atoms in total. The number of hydrogen-bond acceptors (Lipinski definition) is 4. The van der Waals surface area contributed by atoms with Crippen LogP contribution in [0.2, 0.25) is 0 Å². The normalized spacial score (nSPS) is 19.6. The third kappa shape index (κ3) is 2.32. The molecule has 0 aromatic carbocycles. The Morgan fingerprint density at radius 2 is 2.43 bits per heavy atom. The quantitative estimate of drug-likeness (QED) is 0.820. The summed E-state index contributed by atoms with van der Waals surface area (Å²) in [7, 11) is 2.12. The number of aromatic nitrogens is 1.